The predicted octanol–water partition coefficient (Wildman–Crippen LogP) is 3.45. The molecule has 0 saturated heterocycles. The summed E-state index contributed by atoms with van der Waals surface area (Å²) in [5.41, 5.74) is 1.73. The summed E-state index contributed by atoms with van der Waals surface area (Å²) in [6.07, 6.45) is -4.36. The Labute approximate surface area is 136 Å². The average molecular weight is 333 g/mol. The highest BCUT2D eigenvalue weighted by molar-refractivity contribution is 5.54. The number of rotatable bonds is 4. The van der Waals surface area contributed by atoms with E-state index in [0.29, 0.717) is 12.1 Å². The Kier molecular flexibility index (Phi) is 4.20. The Hall–Kier alpha value is -2.90. The number of benzene rings is 2. The lowest BCUT2D eigenvalue weighted by Crippen LogP contribution is -2.05. The second-order valence-corrected chi connectivity index (χ2v) is 5.17. The lowest BCUT2D eigenvalue weighted by atomic mass is 10.1. The van der Waals surface area contributed by atoms with Gasteiger partial charge in [0, 0.05) is 18.3 Å². The van der Waals surface area contributed by atoms with Gasteiger partial charge in [0.15, 0.2) is 0 Å². The first kappa shape index (κ1) is 16.0. The summed E-state index contributed by atoms with van der Waals surface area (Å²) in [6, 6.07) is 12.4. The molecule has 124 valence electrons. The van der Waals surface area contributed by atoms with Crippen LogP contribution < -0.4 is 5.32 Å². The maximum atomic E-state index is 12.6. The molecule has 0 spiro atoms. The second kappa shape index (κ2) is 6.31. The van der Waals surface area contributed by atoms with Crippen LogP contribution in [0.1, 0.15) is 11.1 Å². The number of tetrazole rings is 1. The van der Waals surface area contributed by atoms with Gasteiger partial charge in [0.1, 0.15) is 0 Å². The molecule has 0 amide bonds. The first-order chi connectivity index (χ1) is 11.5. The fraction of sp³-hybridized carbons (Fsp3) is 0.188. The van der Waals surface area contributed by atoms with Crippen LogP contribution in [0.3, 0.4) is 0 Å². The predicted molar refractivity (Wildman–Crippen MR) is 83.3 cm³/mol. The molecule has 5 nitrogen and oxygen atoms in total. The minimum Gasteiger partial charge on any atom is -0.388 e. The molecule has 0 fully saturated rings. The quantitative estimate of drug-likeness (QED) is 0.794. The van der Waals surface area contributed by atoms with Gasteiger partial charge in [-0.15, -0.1) is 10.2 Å². The van der Waals surface area contributed by atoms with E-state index < -0.39 is 11.7 Å². The summed E-state index contributed by atoms with van der Waals surface area (Å²) in [5, 5.41) is 15.1. The Balaban J connectivity index is 1.77. The van der Waals surface area contributed by atoms with E-state index in [1.807, 2.05) is 31.3 Å². The van der Waals surface area contributed by atoms with Crippen LogP contribution in [0.25, 0.3) is 11.4 Å². The van der Waals surface area contributed by atoms with Crippen LogP contribution in [0.2, 0.25) is 0 Å². The van der Waals surface area contributed by atoms with Crippen molar-refractivity contribution in [2.24, 2.45) is 0 Å². The van der Waals surface area contributed by atoms with Crippen LogP contribution in [0.5, 0.6) is 0 Å². The first-order valence-electron chi connectivity index (χ1n) is 7.18. The molecule has 0 aliphatic heterocycles. The highest BCUT2D eigenvalue weighted by atomic mass is 19.4. The summed E-state index contributed by atoms with van der Waals surface area (Å²) in [6.45, 7) is 0.420. The van der Waals surface area contributed by atoms with E-state index in [4.69, 9.17) is 0 Å². The highest BCUT2D eigenvalue weighted by Gasteiger charge is 2.30. The largest absolute Gasteiger partial charge is 0.416 e. The molecule has 2 aromatic carbocycles. The molecule has 1 heterocycles. The van der Waals surface area contributed by atoms with E-state index in [-0.39, 0.29) is 5.82 Å². The SMILES string of the molecule is CNc1cccc(Cn2nnc(-c3ccc(C(F)(F)F)cc3)n2)c1. The van der Waals surface area contributed by atoms with Gasteiger partial charge in [-0.2, -0.15) is 18.0 Å². The third kappa shape index (κ3) is 3.53. The summed E-state index contributed by atoms with van der Waals surface area (Å²) < 4.78 is 37.7. The van der Waals surface area contributed by atoms with E-state index in [1.54, 1.807) is 0 Å². The van der Waals surface area contributed by atoms with Crippen LogP contribution in [0, 0.1) is 0 Å². The van der Waals surface area contributed by atoms with Crippen molar-refractivity contribution in [3.05, 3.63) is 59.7 Å². The summed E-state index contributed by atoms with van der Waals surface area (Å²) in [5.74, 6) is 0.286. The van der Waals surface area contributed by atoms with Crippen LogP contribution in [-0.2, 0) is 12.7 Å². The zero-order valence-corrected chi connectivity index (χ0v) is 12.7. The number of hydrogen-bond acceptors (Lipinski definition) is 4. The maximum absolute atomic E-state index is 12.6. The maximum Gasteiger partial charge on any atom is 0.416 e. The van der Waals surface area contributed by atoms with Crippen molar-refractivity contribution in [3.8, 4) is 11.4 Å². The molecule has 0 aliphatic carbocycles. The number of hydrogen-bond donors (Lipinski definition) is 1. The third-order valence-corrected chi connectivity index (χ3v) is 3.46. The van der Waals surface area contributed by atoms with Crippen molar-refractivity contribution < 1.29 is 13.2 Å². The van der Waals surface area contributed by atoms with Crippen molar-refractivity contribution in [3.63, 3.8) is 0 Å². The van der Waals surface area contributed by atoms with Crippen LogP contribution in [0.4, 0.5) is 18.9 Å². The first-order valence-corrected chi connectivity index (χ1v) is 7.18. The van der Waals surface area contributed by atoms with Gasteiger partial charge in [-0.1, -0.05) is 24.3 Å². The number of nitrogens with zero attached hydrogens (tertiary/aromatic N) is 4. The molecule has 3 aromatic rings. The van der Waals surface area contributed by atoms with Crippen LogP contribution in [-0.4, -0.2) is 27.3 Å². The fourth-order valence-corrected chi connectivity index (χ4v) is 2.22. The van der Waals surface area contributed by atoms with Gasteiger partial charge in [0.05, 0.1) is 12.1 Å². The van der Waals surface area contributed by atoms with Gasteiger partial charge in [-0.3, -0.25) is 0 Å². The van der Waals surface area contributed by atoms with E-state index in [1.165, 1.54) is 16.9 Å². The zero-order valence-electron chi connectivity index (χ0n) is 12.7. The normalized spacial score (nSPS) is 11.5. The van der Waals surface area contributed by atoms with Crippen LogP contribution >= 0.6 is 0 Å². The topological polar surface area (TPSA) is 55.6 Å². The van der Waals surface area contributed by atoms with Gasteiger partial charge in [-0.25, -0.2) is 0 Å². The standard InChI is InChI=1S/C16H14F3N5/c1-20-14-4-2-3-11(9-14)10-24-22-15(21-23-24)12-5-7-13(8-6-12)16(17,18)19/h2-9,20H,10H2,1H3. The van der Waals surface area contributed by atoms with E-state index >= 15 is 0 Å². The summed E-state index contributed by atoms with van der Waals surface area (Å²) in [7, 11) is 1.83. The summed E-state index contributed by atoms with van der Waals surface area (Å²) >= 11 is 0. The van der Waals surface area contributed by atoms with E-state index in [9.17, 15) is 13.2 Å². The molecular formula is C16H14F3N5. The fourth-order valence-electron chi connectivity index (χ4n) is 2.22. The highest BCUT2D eigenvalue weighted by Crippen LogP contribution is 2.30. The van der Waals surface area contributed by atoms with Gasteiger partial charge in [-0.05, 0) is 35.0 Å². The molecule has 1 aromatic heterocycles. The third-order valence-electron chi connectivity index (χ3n) is 3.46. The molecule has 3 rings (SSSR count). The van der Waals surface area contributed by atoms with E-state index in [2.05, 4.69) is 20.7 Å². The molecular weight excluding hydrogens is 319 g/mol. The minimum absolute atomic E-state index is 0.286. The minimum atomic E-state index is -4.36. The van der Waals surface area contributed by atoms with Crippen molar-refractivity contribution in [2.75, 3.05) is 12.4 Å². The Morgan fingerprint density at radius 2 is 1.83 bits per heavy atom. The average Bonchev–Trinajstić information content (AvgIpc) is 3.03. The molecule has 0 aliphatic rings. The molecule has 1 N–H and O–H groups in total. The molecule has 24 heavy (non-hydrogen) atoms. The van der Waals surface area contributed by atoms with Crippen LogP contribution in [0.15, 0.2) is 48.5 Å². The van der Waals surface area contributed by atoms with Gasteiger partial charge in [0.25, 0.3) is 0 Å². The smallest absolute Gasteiger partial charge is 0.388 e. The Morgan fingerprint density at radius 1 is 1.08 bits per heavy atom. The van der Waals surface area contributed by atoms with Crippen molar-refractivity contribution in [1.29, 1.82) is 0 Å². The van der Waals surface area contributed by atoms with E-state index in [0.717, 1.165) is 23.4 Å². The molecule has 0 atom stereocenters. The molecule has 0 bridgehead atoms. The molecule has 8 heteroatoms. The Bertz CT molecular complexity index is 824. The Morgan fingerprint density at radius 3 is 2.50 bits per heavy atom. The number of alkyl halides is 3. The van der Waals surface area contributed by atoms with Crippen molar-refractivity contribution >= 4 is 5.69 Å². The van der Waals surface area contributed by atoms with Gasteiger partial charge >= 0.3 is 6.18 Å². The zero-order chi connectivity index (χ0) is 17.2. The van der Waals surface area contributed by atoms with Crippen molar-refractivity contribution in [1.82, 2.24) is 20.2 Å². The number of aromatic nitrogens is 4. The lowest BCUT2D eigenvalue weighted by Gasteiger charge is -2.06. The summed E-state index contributed by atoms with van der Waals surface area (Å²) in [4.78, 5) is 1.40. The molecule has 0 saturated carbocycles. The second-order valence-electron chi connectivity index (χ2n) is 5.17. The number of nitrogens with one attached hydrogen (secondary N) is 1. The van der Waals surface area contributed by atoms with Gasteiger partial charge in [0.2, 0.25) is 5.82 Å². The molecule has 0 unspecified atom stereocenters. The van der Waals surface area contributed by atoms with Crippen molar-refractivity contribution in [2.45, 2.75) is 12.7 Å². The lowest BCUT2D eigenvalue weighted by molar-refractivity contribution is -0.137. The number of halogens is 3. The monoisotopic (exact) mass is 333 g/mol. The molecule has 0 radical (unpaired) electrons. The number of anilines is 1. The van der Waals surface area contributed by atoms with Gasteiger partial charge < -0.3 is 5.32 Å².